The Labute approximate surface area is 91.7 Å². The van der Waals surface area contributed by atoms with Crippen molar-refractivity contribution in [2.24, 2.45) is 0 Å². The topological polar surface area (TPSA) is 18.5 Å². The lowest BCUT2D eigenvalue weighted by Crippen LogP contribution is -2.39. The van der Waals surface area contributed by atoms with Crippen molar-refractivity contribution in [1.29, 1.82) is 0 Å². The van der Waals surface area contributed by atoms with Gasteiger partial charge in [-0.2, -0.15) is 0 Å². The van der Waals surface area contributed by atoms with Crippen LogP contribution in [0.3, 0.4) is 0 Å². The fourth-order valence-corrected chi connectivity index (χ4v) is 3.32. The molecule has 0 aromatic carbocycles. The lowest BCUT2D eigenvalue weighted by Gasteiger charge is -2.27. The molecule has 0 aliphatic carbocycles. The maximum Gasteiger partial charge on any atom is 0.0935 e. The molecule has 0 spiro atoms. The summed E-state index contributed by atoms with van der Waals surface area (Å²) in [5.74, 6) is 0. The van der Waals surface area contributed by atoms with Gasteiger partial charge in [0.15, 0.2) is 0 Å². The van der Waals surface area contributed by atoms with Gasteiger partial charge >= 0.3 is 0 Å². The smallest absolute Gasteiger partial charge is 0.0935 e. The SMILES string of the molecule is CCNCN(CN(CC)[SiH2]C)S[SiH3]. The summed E-state index contributed by atoms with van der Waals surface area (Å²) >= 11 is 1.96. The van der Waals surface area contributed by atoms with Crippen LogP contribution in [-0.2, 0) is 0 Å². The van der Waals surface area contributed by atoms with Crippen LogP contribution in [0.15, 0.2) is 0 Å². The van der Waals surface area contributed by atoms with Crippen LogP contribution < -0.4 is 5.32 Å². The molecule has 0 radical (unpaired) electrons. The van der Waals surface area contributed by atoms with E-state index in [1.165, 1.54) is 15.9 Å². The maximum atomic E-state index is 3.37. The van der Waals surface area contributed by atoms with Gasteiger partial charge in [-0.25, -0.2) is 4.31 Å². The zero-order valence-electron chi connectivity index (χ0n) is 9.34. The number of nitrogens with one attached hydrogen (secondary N) is 1. The molecular formula is C7H23N3SSi2. The van der Waals surface area contributed by atoms with Crippen molar-refractivity contribution < 1.29 is 0 Å². The Hall–Kier alpha value is 0.664. The van der Waals surface area contributed by atoms with Crippen LogP contribution in [0.5, 0.6) is 0 Å². The summed E-state index contributed by atoms with van der Waals surface area (Å²) < 4.78 is 5.00. The van der Waals surface area contributed by atoms with Gasteiger partial charge in [0, 0.05) is 0 Å². The molecule has 0 aromatic heterocycles. The molecule has 3 nitrogen and oxygen atoms in total. The molecule has 0 amide bonds. The van der Waals surface area contributed by atoms with Crippen LogP contribution in [0.25, 0.3) is 0 Å². The number of hydrogen-bond acceptors (Lipinski definition) is 4. The lowest BCUT2D eigenvalue weighted by molar-refractivity contribution is 0.309. The fourth-order valence-electron chi connectivity index (χ4n) is 1.06. The van der Waals surface area contributed by atoms with Gasteiger partial charge in [0.1, 0.15) is 0 Å². The van der Waals surface area contributed by atoms with Crippen LogP contribution in [0, 0.1) is 0 Å². The van der Waals surface area contributed by atoms with Gasteiger partial charge in [0.05, 0.1) is 32.4 Å². The molecule has 1 N–H and O–H groups in total. The molecule has 0 atom stereocenters. The van der Waals surface area contributed by atoms with E-state index < -0.39 is 0 Å². The molecule has 0 aliphatic heterocycles. The minimum absolute atomic E-state index is 0.0186. The van der Waals surface area contributed by atoms with E-state index in [1.54, 1.807) is 0 Å². The highest BCUT2D eigenvalue weighted by Crippen LogP contribution is 2.02. The van der Waals surface area contributed by atoms with Gasteiger partial charge in [-0.05, 0) is 13.1 Å². The zero-order valence-corrected chi connectivity index (χ0v) is 13.6. The minimum Gasteiger partial charge on any atom is -0.317 e. The second-order valence-electron chi connectivity index (χ2n) is 2.87. The van der Waals surface area contributed by atoms with Crippen molar-refractivity contribution in [2.45, 2.75) is 20.4 Å². The lowest BCUT2D eigenvalue weighted by atomic mass is 10.7. The highest BCUT2D eigenvalue weighted by molar-refractivity contribution is 8.17. The Kier molecular flexibility index (Phi) is 9.70. The third kappa shape index (κ3) is 6.70. The molecule has 0 saturated heterocycles. The van der Waals surface area contributed by atoms with E-state index in [-0.39, 0.29) is 9.68 Å². The van der Waals surface area contributed by atoms with Gasteiger partial charge in [-0.1, -0.05) is 20.4 Å². The van der Waals surface area contributed by atoms with Crippen molar-refractivity contribution in [3.05, 3.63) is 0 Å². The summed E-state index contributed by atoms with van der Waals surface area (Å²) in [5.41, 5.74) is 0. The fraction of sp³-hybridized carbons (Fsp3) is 1.00. The molecule has 0 unspecified atom stereocenters. The summed E-state index contributed by atoms with van der Waals surface area (Å²) in [5, 5.41) is 3.37. The van der Waals surface area contributed by atoms with Crippen LogP contribution in [0.2, 0.25) is 6.55 Å². The highest BCUT2D eigenvalue weighted by atomic mass is 32.4. The molecule has 0 fully saturated rings. The van der Waals surface area contributed by atoms with Gasteiger partial charge in [-0.3, -0.25) is 0 Å². The average Bonchev–Trinajstić information content (AvgIpc) is 2.19. The quantitative estimate of drug-likeness (QED) is 0.338. The molecule has 80 valence electrons. The Morgan fingerprint density at radius 1 is 1.46 bits per heavy atom. The molecule has 0 bridgehead atoms. The summed E-state index contributed by atoms with van der Waals surface area (Å²) in [6, 6.07) is 0. The van der Waals surface area contributed by atoms with Crippen LogP contribution in [-0.4, -0.2) is 54.4 Å². The Bertz CT molecular complexity index is 114. The predicted molar refractivity (Wildman–Crippen MR) is 69.6 cm³/mol. The van der Waals surface area contributed by atoms with E-state index in [4.69, 9.17) is 0 Å². The predicted octanol–water partition coefficient (Wildman–Crippen LogP) is -0.805. The number of nitrogens with zero attached hydrogens (tertiary/aromatic N) is 2. The average molecular weight is 238 g/mol. The molecular weight excluding hydrogens is 214 g/mol. The first-order valence-corrected chi connectivity index (χ1v) is 10.7. The summed E-state index contributed by atoms with van der Waals surface area (Å²) in [6.07, 6.45) is 0. The highest BCUT2D eigenvalue weighted by Gasteiger charge is 2.05. The van der Waals surface area contributed by atoms with Gasteiger partial charge in [0.2, 0.25) is 0 Å². The second kappa shape index (κ2) is 9.23. The van der Waals surface area contributed by atoms with Crippen molar-refractivity contribution in [3.8, 4) is 0 Å². The summed E-state index contributed by atoms with van der Waals surface area (Å²) in [4.78, 5) is 0. The molecule has 13 heavy (non-hydrogen) atoms. The summed E-state index contributed by atoms with van der Waals surface area (Å²) in [7, 11) is 1.21. The first-order valence-electron chi connectivity index (χ1n) is 5.00. The van der Waals surface area contributed by atoms with E-state index in [0.717, 1.165) is 19.9 Å². The van der Waals surface area contributed by atoms with E-state index in [0.29, 0.717) is 0 Å². The maximum absolute atomic E-state index is 3.37. The monoisotopic (exact) mass is 237 g/mol. The molecule has 0 aromatic rings. The zero-order chi connectivity index (χ0) is 10.1. The second-order valence-corrected chi connectivity index (χ2v) is 6.37. The molecule has 6 heteroatoms. The van der Waals surface area contributed by atoms with Gasteiger partial charge in [0.25, 0.3) is 0 Å². The van der Waals surface area contributed by atoms with Crippen LogP contribution in [0.1, 0.15) is 13.8 Å². The van der Waals surface area contributed by atoms with Crippen LogP contribution >= 0.6 is 11.4 Å². The van der Waals surface area contributed by atoms with Crippen molar-refractivity contribution in [2.75, 3.05) is 26.4 Å². The van der Waals surface area contributed by atoms with Gasteiger partial charge < -0.3 is 9.88 Å². The van der Waals surface area contributed by atoms with Crippen molar-refractivity contribution in [1.82, 2.24) is 14.2 Å². The standard InChI is InChI=1S/C7H23N3SSi2/c1-4-8-6-9(11-12)7-10(5-2)13-3/h8H,4-7,13H2,1-3,12H3. The molecule has 0 saturated carbocycles. The van der Waals surface area contributed by atoms with Gasteiger partial charge in [-0.15, -0.1) is 11.4 Å². The van der Waals surface area contributed by atoms with E-state index in [1.807, 2.05) is 11.4 Å². The van der Waals surface area contributed by atoms with Crippen LogP contribution in [0.4, 0.5) is 0 Å². The first-order chi connectivity index (χ1) is 6.28. The Morgan fingerprint density at radius 2 is 2.15 bits per heavy atom. The normalized spacial score (nSPS) is 12.7. The van der Waals surface area contributed by atoms with E-state index in [9.17, 15) is 0 Å². The molecule has 0 aliphatic rings. The number of hydrogen-bond donors (Lipinski definition) is 1. The van der Waals surface area contributed by atoms with Crippen molar-refractivity contribution >= 4 is 30.5 Å². The first kappa shape index (κ1) is 13.7. The minimum atomic E-state index is 0.0186. The largest absolute Gasteiger partial charge is 0.317 e. The Balaban J connectivity index is 3.67. The van der Waals surface area contributed by atoms with Crippen molar-refractivity contribution in [3.63, 3.8) is 0 Å². The third-order valence-corrected chi connectivity index (χ3v) is 5.90. The summed E-state index contributed by atoms with van der Waals surface area (Å²) in [6.45, 7) is 11.2. The molecule has 0 rings (SSSR count). The number of rotatable bonds is 8. The van der Waals surface area contributed by atoms with E-state index >= 15 is 0 Å². The molecule has 0 heterocycles. The Morgan fingerprint density at radius 3 is 2.54 bits per heavy atom. The van der Waals surface area contributed by atoms with E-state index in [2.05, 4.69) is 34.6 Å². The third-order valence-electron chi connectivity index (χ3n) is 2.05.